The second-order valence-corrected chi connectivity index (χ2v) is 0.344. The first-order valence-corrected chi connectivity index (χ1v) is 1.68. The predicted molar refractivity (Wildman–Crippen MR) is 4.99 cm³/mol. The Morgan fingerprint density at radius 1 is 1.20 bits per heavy atom. The molecule has 5 heteroatoms. The zero-order valence-corrected chi connectivity index (χ0v) is 5.44. The molecule has 0 rings (SSSR count). The zero-order chi connectivity index (χ0) is 2.71. The molecular weight excluding hydrogens is 144 g/mol. The maximum atomic E-state index is 8.50. The van der Waals surface area contributed by atoms with Crippen molar-refractivity contribution in [2.75, 3.05) is 0 Å². The molecule has 0 radical (unpaired) electrons. The molecular formula is H2O3Ti2. The largest absolute Gasteiger partial charge is 0 e. The molecule has 0 atom stereocenters. The molecule has 3 nitrogen and oxygen atoms in total. The van der Waals surface area contributed by atoms with Gasteiger partial charge in [-0.2, -0.15) is 0 Å². The van der Waals surface area contributed by atoms with Crippen LogP contribution in [-0.4, -0.2) is 5.48 Å². The molecule has 0 bridgehead atoms. The minimum atomic E-state index is -2.00. The summed E-state index contributed by atoms with van der Waals surface area (Å²) < 4.78 is 17.0. The van der Waals surface area contributed by atoms with Crippen LogP contribution >= 0.6 is 0 Å². The third-order valence-corrected chi connectivity index (χ3v) is 0. The van der Waals surface area contributed by atoms with Gasteiger partial charge >= 0.3 is 25.7 Å². The molecule has 0 fully saturated rings. The van der Waals surface area contributed by atoms with Gasteiger partial charge in [0.15, 0.2) is 0 Å². The first-order chi connectivity index (χ1) is 1.41. The van der Waals surface area contributed by atoms with Crippen LogP contribution < -0.4 is 0 Å². The van der Waals surface area contributed by atoms with Crippen LogP contribution in [0.5, 0.6) is 0 Å². The monoisotopic (exact) mass is 146 g/mol. The quantitative estimate of drug-likeness (QED) is 0.408. The van der Waals surface area contributed by atoms with Crippen molar-refractivity contribution in [3.05, 3.63) is 0 Å². The number of hydrogen-bond donors (Lipinski definition) is 0. The molecule has 0 aliphatic rings. The van der Waals surface area contributed by atoms with E-state index in [9.17, 15) is 0 Å². The van der Waals surface area contributed by atoms with Gasteiger partial charge in [-0.1, -0.05) is 0 Å². The Morgan fingerprint density at radius 3 is 1.20 bits per heavy atom. The summed E-state index contributed by atoms with van der Waals surface area (Å²) in [6.45, 7) is 0. The Bertz CT molecular complexity index is 25.9. The summed E-state index contributed by atoms with van der Waals surface area (Å²) in [6, 6.07) is 0. The van der Waals surface area contributed by atoms with Crippen LogP contribution in [0.2, 0.25) is 0 Å². The van der Waals surface area contributed by atoms with E-state index in [0.717, 1.165) is 0 Å². The van der Waals surface area contributed by atoms with Gasteiger partial charge in [-0.25, -0.2) is 0 Å². The molecule has 5 heavy (non-hydrogen) atoms. The standard InChI is InChI=1S/H2O.2O.2Ti/h1H2;;;;. The van der Waals surface area contributed by atoms with Crippen molar-refractivity contribution >= 4 is 0 Å². The van der Waals surface area contributed by atoms with E-state index in [4.69, 9.17) is 6.65 Å². The van der Waals surface area contributed by atoms with Gasteiger partial charge < -0.3 is 5.48 Å². The fraction of sp³-hybridized carbons (Fsp3) is 0. The van der Waals surface area contributed by atoms with Gasteiger partial charge in [0.05, 0.1) is 0 Å². The average molecular weight is 146 g/mol. The molecule has 0 unspecified atom stereocenters. The number of hydrogen-bond acceptors (Lipinski definition) is 2. The fourth-order valence-corrected chi connectivity index (χ4v) is 0. The molecule has 0 saturated heterocycles. The van der Waals surface area contributed by atoms with Crippen LogP contribution in [0, 0.1) is 0 Å². The first-order valence-electron chi connectivity index (χ1n) is 0.408. The maximum Gasteiger partial charge on any atom is 0 e. The van der Waals surface area contributed by atoms with Crippen LogP contribution in [0.1, 0.15) is 0 Å². The van der Waals surface area contributed by atoms with Gasteiger partial charge in [0, 0.05) is 21.7 Å². The minimum Gasteiger partial charge on any atom is 0 e. The molecule has 0 aromatic carbocycles. The van der Waals surface area contributed by atoms with E-state index in [1.54, 1.807) is 0 Å². The molecule has 0 heterocycles. The summed E-state index contributed by atoms with van der Waals surface area (Å²) in [4.78, 5) is 0. The van der Waals surface area contributed by atoms with Crippen LogP contribution in [0.15, 0.2) is 0 Å². The smallest absolute Gasteiger partial charge is 0 e. The topological polar surface area (TPSA) is 65.6 Å². The molecule has 0 amide bonds. The van der Waals surface area contributed by atoms with Gasteiger partial charge in [-0.05, 0) is 0 Å². The Hall–Kier alpha value is 0.989. The molecule has 0 saturated carbocycles. The summed E-state index contributed by atoms with van der Waals surface area (Å²) >= 11 is -2.00. The van der Waals surface area contributed by atoms with Crippen LogP contribution in [-0.2, 0) is 47.5 Å². The SMILES string of the molecule is O.[O]=[Ti]=[O].[Ti]. The van der Waals surface area contributed by atoms with E-state index in [1.807, 2.05) is 0 Å². The minimum absolute atomic E-state index is 0. The number of rotatable bonds is 0. The molecule has 0 aliphatic carbocycles. The third-order valence-electron chi connectivity index (χ3n) is 0. The summed E-state index contributed by atoms with van der Waals surface area (Å²) in [5.74, 6) is 0. The van der Waals surface area contributed by atoms with Crippen molar-refractivity contribution in [1.82, 2.24) is 0 Å². The van der Waals surface area contributed by atoms with Crippen molar-refractivity contribution in [3.63, 3.8) is 0 Å². The zero-order valence-electron chi connectivity index (χ0n) is 2.32. The predicted octanol–water partition coefficient (Wildman–Crippen LogP) is -1.07. The van der Waals surface area contributed by atoms with Gasteiger partial charge in [0.2, 0.25) is 0 Å². The van der Waals surface area contributed by atoms with Crippen molar-refractivity contribution in [1.29, 1.82) is 0 Å². The average Bonchev–Trinajstić information content (AvgIpc) is 0.918. The molecule has 0 spiro atoms. The first kappa shape index (κ1) is 16.7. The van der Waals surface area contributed by atoms with Crippen molar-refractivity contribution < 1.29 is 52.9 Å². The van der Waals surface area contributed by atoms with E-state index in [0.29, 0.717) is 0 Å². The van der Waals surface area contributed by atoms with Crippen LogP contribution in [0.25, 0.3) is 0 Å². The van der Waals surface area contributed by atoms with Crippen molar-refractivity contribution in [3.8, 4) is 0 Å². The van der Waals surface area contributed by atoms with Crippen molar-refractivity contribution in [2.45, 2.75) is 0 Å². The van der Waals surface area contributed by atoms with Crippen LogP contribution in [0.3, 0.4) is 0 Å². The fourth-order valence-electron chi connectivity index (χ4n) is 0. The summed E-state index contributed by atoms with van der Waals surface area (Å²) in [5.41, 5.74) is 0. The summed E-state index contributed by atoms with van der Waals surface area (Å²) in [5, 5.41) is 0. The Labute approximate surface area is 52.9 Å². The summed E-state index contributed by atoms with van der Waals surface area (Å²) in [6.07, 6.45) is 0. The Balaban J connectivity index is -0.0000000200. The maximum absolute atomic E-state index is 8.50. The van der Waals surface area contributed by atoms with E-state index >= 15 is 0 Å². The molecule has 0 aliphatic heterocycles. The van der Waals surface area contributed by atoms with E-state index in [-0.39, 0.29) is 27.2 Å². The normalized spacial score (nSPS) is 1.60. The van der Waals surface area contributed by atoms with Gasteiger partial charge in [0.1, 0.15) is 0 Å². The summed E-state index contributed by atoms with van der Waals surface area (Å²) in [7, 11) is 0. The second kappa shape index (κ2) is 20.1. The van der Waals surface area contributed by atoms with Crippen molar-refractivity contribution in [2.24, 2.45) is 0 Å². The molecule has 0 aromatic heterocycles. The second-order valence-electron chi connectivity index (χ2n) is 0.0833. The molecule has 2 N–H and O–H groups in total. The van der Waals surface area contributed by atoms with E-state index in [1.165, 1.54) is 0 Å². The molecule has 0 aromatic rings. The molecule has 28 valence electrons. The van der Waals surface area contributed by atoms with Crippen LogP contribution in [0.4, 0.5) is 0 Å². The van der Waals surface area contributed by atoms with Gasteiger partial charge in [-0.3, -0.25) is 0 Å². The van der Waals surface area contributed by atoms with Gasteiger partial charge in [0.25, 0.3) is 0 Å². The third kappa shape index (κ3) is 45.6. The Kier molecular flexibility index (Phi) is 67.0. The van der Waals surface area contributed by atoms with E-state index < -0.39 is 19.1 Å². The van der Waals surface area contributed by atoms with Gasteiger partial charge in [-0.15, -0.1) is 0 Å². The Morgan fingerprint density at radius 2 is 1.20 bits per heavy atom. The van der Waals surface area contributed by atoms with E-state index in [2.05, 4.69) is 0 Å².